The molecule has 92 valence electrons. The molecule has 0 bridgehead atoms. The van der Waals surface area contributed by atoms with Gasteiger partial charge >= 0.3 is 0 Å². The van der Waals surface area contributed by atoms with Crippen molar-refractivity contribution in [2.24, 2.45) is 5.41 Å². The third kappa shape index (κ3) is 6.88. The first-order valence-electron chi connectivity index (χ1n) is 5.99. The molecule has 0 saturated carbocycles. The van der Waals surface area contributed by atoms with Crippen molar-refractivity contribution >= 4 is 0 Å². The van der Waals surface area contributed by atoms with Gasteiger partial charge in [0.1, 0.15) is 0 Å². The minimum absolute atomic E-state index is 0.371. The Morgan fingerprint density at radius 3 is 2.47 bits per heavy atom. The van der Waals surface area contributed by atoms with E-state index in [-0.39, 0.29) is 0 Å². The van der Waals surface area contributed by atoms with Gasteiger partial charge in [-0.15, -0.1) is 0 Å². The summed E-state index contributed by atoms with van der Waals surface area (Å²) < 4.78 is 5.35. The Balaban J connectivity index is 3.84. The Hall–Kier alpha value is -0.120. The SMILES string of the molecule is CCOCCN(C)CC(C)(CC)CNC. The van der Waals surface area contributed by atoms with Crippen molar-refractivity contribution in [3.05, 3.63) is 0 Å². The molecule has 0 aromatic carbocycles. The van der Waals surface area contributed by atoms with Crippen molar-refractivity contribution in [2.75, 3.05) is 46.9 Å². The van der Waals surface area contributed by atoms with Gasteiger partial charge in [-0.1, -0.05) is 13.8 Å². The van der Waals surface area contributed by atoms with E-state index in [4.69, 9.17) is 4.74 Å². The maximum atomic E-state index is 5.35. The number of nitrogens with zero attached hydrogens (tertiary/aromatic N) is 1. The van der Waals surface area contributed by atoms with Crippen molar-refractivity contribution < 1.29 is 4.74 Å². The summed E-state index contributed by atoms with van der Waals surface area (Å²) in [5.74, 6) is 0. The molecule has 0 saturated heterocycles. The molecule has 0 radical (unpaired) electrons. The van der Waals surface area contributed by atoms with Crippen LogP contribution in [0.2, 0.25) is 0 Å². The predicted molar refractivity (Wildman–Crippen MR) is 66.3 cm³/mol. The molecule has 0 spiro atoms. The molecule has 0 aromatic rings. The van der Waals surface area contributed by atoms with Crippen LogP contribution in [0.15, 0.2) is 0 Å². The third-order valence-corrected chi connectivity index (χ3v) is 2.93. The zero-order chi connectivity index (χ0) is 11.7. The summed E-state index contributed by atoms with van der Waals surface area (Å²) in [7, 11) is 4.19. The normalized spacial score (nSPS) is 15.6. The molecule has 0 fully saturated rings. The van der Waals surface area contributed by atoms with Gasteiger partial charge in [0.15, 0.2) is 0 Å². The lowest BCUT2D eigenvalue weighted by Crippen LogP contribution is -2.40. The fourth-order valence-corrected chi connectivity index (χ4v) is 1.81. The number of rotatable bonds is 9. The molecule has 1 atom stereocenters. The number of hydrogen-bond donors (Lipinski definition) is 1. The first-order valence-corrected chi connectivity index (χ1v) is 5.99. The Morgan fingerprint density at radius 1 is 1.33 bits per heavy atom. The molecular weight excluding hydrogens is 188 g/mol. The lowest BCUT2D eigenvalue weighted by Gasteiger charge is -2.32. The standard InChI is InChI=1S/C12H28N2O/c1-6-12(3,10-13-4)11-14(5)8-9-15-7-2/h13H,6-11H2,1-5H3. The fourth-order valence-electron chi connectivity index (χ4n) is 1.81. The molecule has 1 N–H and O–H groups in total. The lowest BCUT2D eigenvalue weighted by molar-refractivity contribution is 0.102. The smallest absolute Gasteiger partial charge is 0.0593 e. The molecule has 3 heteroatoms. The summed E-state index contributed by atoms with van der Waals surface area (Å²) in [4.78, 5) is 2.36. The number of hydrogen-bond acceptors (Lipinski definition) is 3. The summed E-state index contributed by atoms with van der Waals surface area (Å²) >= 11 is 0. The predicted octanol–water partition coefficient (Wildman–Crippen LogP) is 1.59. The second-order valence-electron chi connectivity index (χ2n) is 4.63. The van der Waals surface area contributed by atoms with E-state index in [0.29, 0.717) is 5.41 Å². The summed E-state index contributed by atoms with van der Waals surface area (Å²) in [6.45, 7) is 11.5. The molecule has 15 heavy (non-hydrogen) atoms. The van der Waals surface area contributed by atoms with Gasteiger partial charge in [-0.3, -0.25) is 0 Å². The van der Waals surface area contributed by atoms with Crippen LogP contribution < -0.4 is 5.32 Å². The number of likely N-dealkylation sites (N-methyl/N-ethyl adjacent to an activating group) is 1. The second kappa shape index (κ2) is 8.08. The molecule has 0 heterocycles. The average molecular weight is 216 g/mol. The highest BCUT2D eigenvalue weighted by molar-refractivity contribution is 4.77. The minimum Gasteiger partial charge on any atom is -0.380 e. The highest BCUT2D eigenvalue weighted by Gasteiger charge is 2.22. The van der Waals surface area contributed by atoms with Crippen LogP contribution in [0.4, 0.5) is 0 Å². The molecule has 0 aliphatic heterocycles. The Morgan fingerprint density at radius 2 is 2.00 bits per heavy atom. The maximum absolute atomic E-state index is 5.35. The number of nitrogens with one attached hydrogen (secondary N) is 1. The van der Waals surface area contributed by atoms with E-state index in [2.05, 4.69) is 31.1 Å². The van der Waals surface area contributed by atoms with Crippen molar-refractivity contribution in [1.82, 2.24) is 10.2 Å². The van der Waals surface area contributed by atoms with Crippen LogP contribution >= 0.6 is 0 Å². The van der Waals surface area contributed by atoms with Crippen LogP contribution in [0.3, 0.4) is 0 Å². The Labute approximate surface area is 95.2 Å². The van der Waals surface area contributed by atoms with Crippen LogP contribution in [0.5, 0.6) is 0 Å². The fraction of sp³-hybridized carbons (Fsp3) is 1.00. The van der Waals surface area contributed by atoms with Crippen LogP contribution in [-0.4, -0.2) is 51.8 Å². The van der Waals surface area contributed by atoms with Crippen LogP contribution in [0, 0.1) is 5.41 Å². The van der Waals surface area contributed by atoms with Crippen molar-refractivity contribution in [3.63, 3.8) is 0 Å². The Bertz CT molecular complexity index is 153. The molecular formula is C12H28N2O. The van der Waals surface area contributed by atoms with E-state index in [1.165, 1.54) is 6.42 Å². The van der Waals surface area contributed by atoms with Gasteiger partial charge in [-0.25, -0.2) is 0 Å². The minimum atomic E-state index is 0.371. The highest BCUT2D eigenvalue weighted by atomic mass is 16.5. The highest BCUT2D eigenvalue weighted by Crippen LogP contribution is 2.20. The van der Waals surface area contributed by atoms with Gasteiger partial charge in [0.2, 0.25) is 0 Å². The molecule has 3 nitrogen and oxygen atoms in total. The largest absolute Gasteiger partial charge is 0.380 e. The maximum Gasteiger partial charge on any atom is 0.0593 e. The number of ether oxygens (including phenoxy) is 1. The zero-order valence-electron chi connectivity index (χ0n) is 11.1. The van der Waals surface area contributed by atoms with Gasteiger partial charge in [0.05, 0.1) is 6.61 Å². The topological polar surface area (TPSA) is 24.5 Å². The summed E-state index contributed by atoms with van der Waals surface area (Å²) in [5.41, 5.74) is 0.371. The van der Waals surface area contributed by atoms with Crippen LogP contribution in [-0.2, 0) is 4.74 Å². The van der Waals surface area contributed by atoms with E-state index in [1.807, 2.05) is 14.0 Å². The molecule has 1 unspecified atom stereocenters. The van der Waals surface area contributed by atoms with Gasteiger partial charge < -0.3 is 15.0 Å². The molecule has 0 aromatic heterocycles. The van der Waals surface area contributed by atoms with Gasteiger partial charge in [0.25, 0.3) is 0 Å². The summed E-state index contributed by atoms with van der Waals surface area (Å²) in [6.07, 6.45) is 1.20. The average Bonchev–Trinajstić information content (AvgIpc) is 2.18. The molecule has 0 aliphatic rings. The van der Waals surface area contributed by atoms with Crippen LogP contribution in [0.1, 0.15) is 27.2 Å². The van der Waals surface area contributed by atoms with E-state index in [1.54, 1.807) is 0 Å². The quantitative estimate of drug-likeness (QED) is 0.592. The van der Waals surface area contributed by atoms with Crippen molar-refractivity contribution in [3.8, 4) is 0 Å². The van der Waals surface area contributed by atoms with Gasteiger partial charge in [0, 0.05) is 26.2 Å². The van der Waals surface area contributed by atoms with Crippen molar-refractivity contribution in [1.29, 1.82) is 0 Å². The van der Waals surface area contributed by atoms with E-state index in [9.17, 15) is 0 Å². The Kier molecular flexibility index (Phi) is 8.02. The van der Waals surface area contributed by atoms with Gasteiger partial charge in [-0.2, -0.15) is 0 Å². The molecule has 0 rings (SSSR count). The van der Waals surface area contributed by atoms with Crippen molar-refractivity contribution in [2.45, 2.75) is 27.2 Å². The lowest BCUT2D eigenvalue weighted by atomic mass is 9.87. The molecule has 0 aliphatic carbocycles. The van der Waals surface area contributed by atoms with Crippen LogP contribution in [0.25, 0.3) is 0 Å². The zero-order valence-corrected chi connectivity index (χ0v) is 11.1. The van der Waals surface area contributed by atoms with E-state index < -0.39 is 0 Å². The summed E-state index contributed by atoms with van der Waals surface area (Å²) in [5, 5.41) is 3.27. The van der Waals surface area contributed by atoms with E-state index in [0.717, 1.165) is 32.8 Å². The molecule has 0 amide bonds. The third-order valence-electron chi connectivity index (χ3n) is 2.93. The summed E-state index contributed by atoms with van der Waals surface area (Å²) in [6, 6.07) is 0. The first-order chi connectivity index (χ1) is 7.08. The second-order valence-corrected chi connectivity index (χ2v) is 4.63. The van der Waals surface area contributed by atoms with E-state index >= 15 is 0 Å². The van der Waals surface area contributed by atoms with Gasteiger partial charge in [-0.05, 0) is 32.9 Å². The monoisotopic (exact) mass is 216 g/mol. The first kappa shape index (κ1) is 14.9.